The average Bonchev–Trinajstić information content (AvgIpc) is 2.99. The number of aryl methyl sites for hydroxylation is 1. The molecule has 1 aliphatic rings. The summed E-state index contributed by atoms with van der Waals surface area (Å²) in [5.41, 5.74) is 3.52. The second-order valence-electron chi connectivity index (χ2n) is 5.70. The van der Waals surface area contributed by atoms with Gasteiger partial charge in [0.25, 0.3) is 0 Å². The summed E-state index contributed by atoms with van der Waals surface area (Å²) in [6.07, 6.45) is 12.0. The maximum atomic E-state index is 4.40. The van der Waals surface area contributed by atoms with E-state index in [-0.39, 0.29) is 0 Å². The van der Waals surface area contributed by atoms with Crippen molar-refractivity contribution in [1.82, 2.24) is 0 Å². The molecule has 126 valence electrons. The molecule has 0 saturated heterocycles. The van der Waals surface area contributed by atoms with Gasteiger partial charge in [0.1, 0.15) is 0 Å². The molecule has 2 nitrogen and oxygen atoms in total. The molecule has 0 saturated carbocycles. The standard InChI is InChI=1S/C22H22N2S/c1-3-24-20-10-7-8-11-21(20)25-22(24)12-6-4-5-9-17-23-19-15-13-18(2)14-16-19/h4-17H,3H2,1-2H3/b6-4+,9-5-,22-12-,23-17?. The quantitative estimate of drug-likeness (QED) is 0.467. The van der Waals surface area contributed by atoms with Crippen LogP contribution in [0.15, 0.2) is 93.8 Å². The molecule has 0 fully saturated rings. The van der Waals surface area contributed by atoms with Gasteiger partial charge in [0.05, 0.1) is 16.4 Å². The molecule has 0 aromatic heterocycles. The van der Waals surface area contributed by atoms with E-state index in [1.807, 2.05) is 48.3 Å². The molecule has 3 rings (SSSR count). The van der Waals surface area contributed by atoms with Crippen LogP contribution in [0, 0.1) is 6.92 Å². The van der Waals surface area contributed by atoms with Crippen LogP contribution in [0.1, 0.15) is 12.5 Å². The summed E-state index contributed by atoms with van der Waals surface area (Å²) < 4.78 is 0. The lowest BCUT2D eigenvalue weighted by atomic mass is 10.2. The van der Waals surface area contributed by atoms with E-state index in [4.69, 9.17) is 0 Å². The van der Waals surface area contributed by atoms with Crippen molar-refractivity contribution in [2.24, 2.45) is 4.99 Å². The van der Waals surface area contributed by atoms with Gasteiger partial charge in [-0.3, -0.25) is 4.99 Å². The number of aliphatic imine (C=N–C) groups is 1. The van der Waals surface area contributed by atoms with Gasteiger partial charge in [0.2, 0.25) is 0 Å². The van der Waals surface area contributed by atoms with Crippen molar-refractivity contribution in [2.75, 3.05) is 11.4 Å². The fourth-order valence-corrected chi connectivity index (χ4v) is 3.72. The number of fused-ring (bicyclic) bond motifs is 1. The van der Waals surface area contributed by atoms with Gasteiger partial charge in [-0.1, -0.05) is 59.8 Å². The predicted molar refractivity (Wildman–Crippen MR) is 111 cm³/mol. The highest BCUT2D eigenvalue weighted by atomic mass is 32.2. The summed E-state index contributed by atoms with van der Waals surface area (Å²) in [6, 6.07) is 16.7. The highest BCUT2D eigenvalue weighted by Gasteiger charge is 2.22. The number of benzene rings is 2. The Kier molecular flexibility index (Phi) is 5.91. The third kappa shape index (κ3) is 4.52. The predicted octanol–water partition coefficient (Wildman–Crippen LogP) is 6.28. The molecule has 0 amide bonds. The van der Waals surface area contributed by atoms with E-state index in [0.717, 1.165) is 12.2 Å². The van der Waals surface area contributed by atoms with Crippen molar-refractivity contribution in [3.8, 4) is 0 Å². The third-order valence-corrected chi connectivity index (χ3v) is 5.00. The van der Waals surface area contributed by atoms with Gasteiger partial charge in [-0.2, -0.15) is 0 Å². The number of hydrogen-bond acceptors (Lipinski definition) is 3. The maximum absolute atomic E-state index is 4.40. The molecule has 2 aromatic rings. The monoisotopic (exact) mass is 346 g/mol. The van der Waals surface area contributed by atoms with Crippen molar-refractivity contribution in [2.45, 2.75) is 18.7 Å². The topological polar surface area (TPSA) is 15.6 Å². The Labute approximate surface area is 154 Å². The van der Waals surface area contributed by atoms with Crippen molar-refractivity contribution in [3.05, 3.63) is 89.5 Å². The van der Waals surface area contributed by atoms with Gasteiger partial charge >= 0.3 is 0 Å². The highest BCUT2D eigenvalue weighted by Crippen LogP contribution is 2.45. The van der Waals surface area contributed by atoms with E-state index in [1.165, 1.54) is 21.2 Å². The number of rotatable bonds is 5. The van der Waals surface area contributed by atoms with Gasteiger partial charge in [0.15, 0.2) is 0 Å². The Morgan fingerprint density at radius 1 is 0.960 bits per heavy atom. The van der Waals surface area contributed by atoms with E-state index >= 15 is 0 Å². The number of hydrogen-bond donors (Lipinski definition) is 0. The number of thioether (sulfide) groups is 1. The largest absolute Gasteiger partial charge is 0.335 e. The summed E-state index contributed by atoms with van der Waals surface area (Å²) in [4.78, 5) is 8.07. The van der Waals surface area contributed by atoms with Crippen molar-refractivity contribution < 1.29 is 0 Å². The maximum Gasteiger partial charge on any atom is 0.0801 e. The molecule has 0 unspecified atom stereocenters. The lowest BCUT2D eigenvalue weighted by Crippen LogP contribution is -2.16. The van der Waals surface area contributed by atoms with Crippen LogP contribution in [0.3, 0.4) is 0 Å². The van der Waals surface area contributed by atoms with Crippen LogP contribution >= 0.6 is 11.8 Å². The first-order chi connectivity index (χ1) is 12.3. The smallest absolute Gasteiger partial charge is 0.0801 e. The molecule has 3 heteroatoms. The molecule has 0 atom stereocenters. The fraction of sp³-hybridized carbons (Fsp3) is 0.136. The lowest BCUT2D eigenvalue weighted by Gasteiger charge is -2.17. The first-order valence-electron chi connectivity index (χ1n) is 8.46. The first kappa shape index (κ1) is 17.3. The van der Waals surface area contributed by atoms with Crippen LogP contribution in [0.25, 0.3) is 0 Å². The molecule has 0 aliphatic carbocycles. The van der Waals surface area contributed by atoms with Gasteiger partial charge in [-0.05, 0) is 50.3 Å². The summed E-state index contributed by atoms with van der Waals surface area (Å²) in [5, 5.41) is 1.27. The minimum atomic E-state index is 0.972. The molecule has 0 N–H and O–H groups in total. The zero-order chi connectivity index (χ0) is 17.5. The van der Waals surface area contributed by atoms with Gasteiger partial charge in [-0.15, -0.1) is 0 Å². The number of nitrogens with zero attached hydrogens (tertiary/aromatic N) is 2. The summed E-state index contributed by atoms with van der Waals surface area (Å²) in [6.45, 7) is 5.23. The minimum Gasteiger partial charge on any atom is -0.335 e. The van der Waals surface area contributed by atoms with Crippen molar-refractivity contribution in [3.63, 3.8) is 0 Å². The lowest BCUT2D eigenvalue weighted by molar-refractivity contribution is 1.00. The van der Waals surface area contributed by atoms with Crippen LogP contribution < -0.4 is 4.90 Å². The Bertz CT molecular complexity index is 829. The molecular weight excluding hydrogens is 324 g/mol. The van der Waals surface area contributed by atoms with Gasteiger partial charge in [0, 0.05) is 17.7 Å². The van der Waals surface area contributed by atoms with Crippen molar-refractivity contribution >= 4 is 29.4 Å². The van der Waals surface area contributed by atoms with E-state index in [2.05, 4.69) is 72.3 Å². The number of allylic oxidation sites excluding steroid dienone is 5. The van der Waals surface area contributed by atoms with Gasteiger partial charge < -0.3 is 4.90 Å². The second-order valence-corrected chi connectivity index (χ2v) is 6.76. The summed E-state index contributed by atoms with van der Waals surface area (Å²) in [7, 11) is 0. The van der Waals surface area contributed by atoms with Crippen LogP contribution in [0.4, 0.5) is 11.4 Å². The van der Waals surface area contributed by atoms with E-state index in [0.29, 0.717) is 0 Å². The van der Waals surface area contributed by atoms with Crippen LogP contribution in [-0.4, -0.2) is 12.8 Å². The molecular formula is C22H22N2S. The van der Waals surface area contributed by atoms with Crippen molar-refractivity contribution in [1.29, 1.82) is 0 Å². The number of anilines is 1. The molecule has 2 aromatic carbocycles. The van der Waals surface area contributed by atoms with Crippen LogP contribution in [-0.2, 0) is 0 Å². The van der Waals surface area contributed by atoms with Gasteiger partial charge in [-0.25, -0.2) is 0 Å². The van der Waals surface area contributed by atoms with E-state index in [1.54, 1.807) is 0 Å². The molecule has 0 bridgehead atoms. The Hall–Kier alpha value is -2.52. The first-order valence-corrected chi connectivity index (χ1v) is 9.28. The molecule has 25 heavy (non-hydrogen) atoms. The second kappa shape index (κ2) is 8.54. The Morgan fingerprint density at radius 3 is 2.52 bits per heavy atom. The molecule has 1 aliphatic heterocycles. The summed E-state index contributed by atoms with van der Waals surface area (Å²) in [5.74, 6) is 0. The average molecular weight is 346 g/mol. The SMILES string of the molecule is CCN1/C(=C/C=C/C=C\C=Nc2ccc(C)cc2)Sc2ccccc21. The normalized spacial score (nSPS) is 15.9. The molecule has 0 spiro atoms. The van der Waals surface area contributed by atoms with E-state index in [9.17, 15) is 0 Å². The van der Waals surface area contributed by atoms with Crippen LogP contribution in [0.5, 0.6) is 0 Å². The summed E-state index contributed by atoms with van der Waals surface area (Å²) >= 11 is 1.82. The Morgan fingerprint density at radius 2 is 1.72 bits per heavy atom. The zero-order valence-electron chi connectivity index (χ0n) is 14.6. The fourth-order valence-electron chi connectivity index (χ4n) is 2.58. The molecule has 1 heterocycles. The number of para-hydroxylation sites is 1. The molecule has 0 radical (unpaired) electrons. The minimum absolute atomic E-state index is 0.972. The van der Waals surface area contributed by atoms with Crippen LogP contribution in [0.2, 0.25) is 0 Å². The van der Waals surface area contributed by atoms with E-state index < -0.39 is 0 Å². The highest BCUT2D eigenvalue weighted by molar-refractivity contribution is 8.03. The zero-order valence-corrected chi connectivity index (χ0v) is 15.4. The third-order valence-electron chi connectivity index (χ3n) is 3.87. The Balaban J connectivity index is 1.58.